The number of aromatic nitrogens is 7. The van der Waals surface area contributed by atoms with E-state index in [0.29, 0.717) is 19.0 Å². The summed E-state index contributed by atoms with van der Waals surface area (Å²) < 4.78 is 7.57. The van der Waals surface area contributed by atoms with Crippen LogP contribution >= 0.6 is 0 Å². The SMILES string of the molecule is CCOc1ncccc1-c1cc(NCc2cnn(C)n2)c2c(C(C)C)nn(C)c2n1. The second-order valence-corrected chi connectivity index (χ2v) is 7.39. The number of fused-ring (bicyclic) bond motifs is 1. The van der Waals surface area contributed by atoms with E-state index >= 15 is 0 Å². The molecule has 0 amide bonds. The van der Waals surface area contributed by atoms with E-state index in [9.17, 15) is 0 Å². The zero-order valence-corrected chi connectivity index (χ0v) is 17.9. The van der Waals surface area contributed by atoms with Gasteiger partial charge in [0.1, 0.15) is 5.69 Å². The van der Waals surface area contributed by atoms with Gasteiger partial charge in [0.15, 0.2) is 5.65 Å². The van der Waals surface area contributed by atoms with Gasteiger partial charge in [-0.25, -0.2) is 9.97 Å². The van der Waals surface area contributed by atoms with Crippen molar-refractivity contribution in [1.82, 2.24) is 34.7 Å². The maximum Gasteiger partial charge on any atom is 0.222 e. The zero-order chi connectivity index (χ0) is 21.3. The van der Waals surface area contributed by atoms with Crippen molar-refractivity contribution in [1.29, 1.82) is 0 Å². The van der Waals surface area contributed by atoms with Crippen molar-refractivity contribution in [3.63, 3.8) is 0 Å². The molecule has 1 N–H and O–H groups in total. The molecule has 0 aromatic carbocycles. The third-order valence-electron chi connectivity index (χ3n) is 4.80. The van der Waals surface area contributed by atoms with Gasteiger partial charge in [0.2, 0.25) is 5.88 Å². The number of pyridine rings is 2. The fraction of sp³-hybridized carbons (Fsp3) is 0.381. The molecular weight excluding hydrogens is 380 g/mol. The lowest BCUT2D eigenvalue weighted by atomic mass is 10.0. The fourth-order valence-electron chi connectivity index (χ4n) is 3.45. The predicted octanol–water partition coefficient (Wildman–Crippen LogP) is 3.29. The summed E-state index contributed by atoms with van der Waals surface area (Å²) in [4.78, 5) is 10.9. The molecule has 0 bridgehead atoms. The van der Waals surface area contributed by atoms with Crippen LogP contribution < -0.4 is 10.1 Å². The zero-order valence-electron chi connectivity index (χ0n) is 17.9. The Kier molecular flexibility index (Phi) is 5.35. The lowest BCUT2D eigenvalue weighted by Crippen LogP contribution is -2.04. The van der Waals surface area contributed by atoms with E-state index in [-0.39, 0.29) is 5.92 Å². The van der Waals surface area contributed by atoms with Gasteiger partial charge in [-0.1, -0.05) is 13.8 Å². The molecule has 0 fully saturated rings. The lowest BCUT2D eigenvalue weighted by Gasteiger charge is -2.13. The third kappa shape index (κ3) is 3.70. The summed E-state index contributed by atoms with van der Waals surface area (Å²) in [7, 11) is 3.73. The van der Waals surface area contributed by atoms with Crippen LogP contribution in [0.25, 0.3) is 22.3 Å². The van der Waals surface area contributed by atoms with Gasteiger partial charge in [-0.05, 0) is 31.0 Å². The van der Waals surface area contributed by atoms with E-state index in [1.165, 1.54) is 0 Å². The number of hydrogen-bond donors (Lipinski definition) is 1. The molecule has 0 aliphatic rings. The summed E-state index contributed by atoms with van der Waals surface area (Å²) in [6.45, 7) is 7.29. The first-order chi connectivity index (χ1) is 14.5. The number of nitrogens with one attached hydrogen (secondary N) is 1. The van der Waals surface area contributed by atoms with Crippen LogP contribution in [0.4, 0.5) is 5.69 Å². The first-order valence-corrected chi connectivity index (χ1v) is 10.0. The number of hydrogen-bond acceptors (Lipinski definition) is 7. The molecule has 30 heavy (non-hydrogen) atoms. The van der Waals surface area contributed by atoms with Crippen LogP contribution in [0, 0.1) is 0 Å². The van der Waals surface area contributed by atoms with Gasteiger partial charge in [0, 0.05) is 26.0 Å². The summed E-state index contributed by atoms with van der Waals surface area (Å²) in [6, 6.07) is 5.89. The quantitative estimate of drug-likeness (QED) is 0.503. The van der Waals surface area contributed by atoms with Crippen LogP contribution in [0.1, 0.15) is 38.1 Å². The molecule has 0 saturated heterocycles. The van der Waals surface area contributed by atoms with Gasteiger partial charge in [-0.15, -0.1) is 0 Å². The molecule has 0 unspecified atom stereocenters. The van der Waals surface area contributed by atoms with Gasteiger partial charge in [-0.3, -0.25) is 4.68 Å². The third-order valence-corrected chi connectivity index (χ3v) is 4.80. The number of rotatable bonds is 7. The van der Waals surface area contributed by atoms with Crippen molar-refractivity contribution in [2.24, 2.45) is 14.1 Å². The summed E-state index contributed by atoms with van der Waals surface area (Å²) in [5, 5.41) is 17.8. The monoisotopic (exact) mass is 406 g/mol. The Morgan fingerprint density at radius 2 is 2.03 bits per heavy atom. The molecule has 9 heteroatoms. The Hall–Kier alpha value is -3.49. The first kappa shape index (κ1) is 19.8. The molecule has 0 spiro atoms. The average molecular weight is 406 g/mol. The van der Waals surface area contributed by atoms with Crippen LogP contribution in [0.5, 0.6) is 5.88 Å². The fourth-order valence-corrected chi connectivity index (χ4v) is 3.45. The highest BCUT2D eigenvalue weighted by atomic mass is 16.5. The second-order valence-electron chi connectivity index (χ2n) is 7.39. The molecule has 0 atom stereocenters. The molecule has 0 saturated carbocycles. The van der Waals surface area contributed by atoms with E-state index < -0.39 is 0 Å². The molecule has 4 rings (SSSR count). The van der Waals surface area contributed by atoms with Crippen LogP contribution in [0.3, 0.4) is 0 Å². The van der Waals surface area contributed by atoms with Crippen molar-refractivity contribution in [3.05, 3.63) is 42.0 Å². The first-order valence-electron chi connectivity index (χ1n) is 10.0. The molecular formula is C21H26N8O. The van der Waals surface area contributed by atoms with E-state index in [1.807, 2.05) is 43.9 Å². The van der Waals surface area contributed by atoms with Crippen molar-refractivity contribution < 1.29 is 4.74 Å². The molecule has 9 nitrogen and oxygen atoms in total. The van der Waals surface area contributed by atoms with Gasteiger partial charge in [0.25, 0.3) is 0 Å². The molecule has 0 aliphatic heterocycles. The minimum atomic E-state index is 0.260. The van der Waals surface area contributed by atoms with Crippen molar-refractivity contribution in [2.75, 3.05) is 11.9 Å². The van der Waals surface area contributed by atoms with Crippen LogP contribution in [-0.2, 0) is 20.6 Å². The Labute approximate surface area is 175 Å². The molecule has 4 heterocycles. The van der Waals surface area contributed by atoms with Gasteiger partial charge < -0.3 is 10.1 Å². The maximum absolute atomic E-state index is 5.73. The molecule has 0 aliphatic carbocycles. The van der Waals surface area contributed by atoms with Crippen molar-refractivity contribution in [3.8, 4) is 17.1 Å². The van der Waals surface area contributed by atoms with E-state index in [2.05, 4.69) is 34.3 Å². The van der Waals surface area contributed by atoms with Gasteiger partial charge in [-0.2, -0.15) is 20.1 Å². The van der Waals surface area contributed by atoms with E-state index in [0.717, 1.165) is 39.4 Å². The average Bonchev–Trinajstić information content (AvgIpc) is 3.30. The summed E-state index contributed by atoms with van der Waals surface area (Å²) in [5.41, 5.74) is 5.24. The van der Waals surface area contributed by atoms with Crippen LogP contribution in [0.15, 0.2) is 30.6 Å². The number of anilines is 1. The molecule has 4 aromatic rings. The Morgan fingerprint density at radius 1 is 1.20 bits per heavy atom. The highest BCUT2D eigenvalue weighted by Crippen LogP contribution is 2.35. The largest absolute Gasteiger partial charge is 0.477 e. The Morgan fingerprint density at radius 3 is 2.73 bits per heavy atom. The highest BCUT2D eigenvalue weighted by Gasteiger charge is 2.20. The smallest absolute Gasteiger partial charge is 0.222 e. The van der Waals surface area contributed by atoms with Crippen molar-refractivity contribution >= 4 is 16.7 Å². The van der Waals surface area contributed by atoms with Crippen LogP contribution in [0.2, 0.25) is 0 Å². The Balaban J connectivity index is 1.86. The number of aryl methyl sites for hydroxylation is 2. The molecule has 4 aromatic heterocycles. The number of nitrogens with zero attached hydrogens (tertiary/aromatic N) is 7. The summed E-state index contributed by atoms with van der Waals surface area (Å²) in [5.74, 6) is 0.828. The Bertz CT molecular complexity index is 1180. The summed E-state index contributed by atoms with van der Waals surface area (Å²) in [6.07, 6.45) is 3.48. The molecule has 0 radical (unpaired) electrons. The standard InChI is InChI=1S/C21H26N8O/c1-6-30-21-15(8-7-9-22-21)16-10-17(23-11-14-12-24-29(5)26-14)18-19(13(2)3)27-28(4)20(18)25-16/h7-10,12-13H,6,11H2,1-5H3,(H,23,25). The van der Waals surface area contributed by atoms with E-state index in [1.54, 1.807) is 17.2 Å². The van der Waals surface area contributed by atoms with Crippen molar-refractivity contribution in [2.45, 2.75) is 33.2 Å². The van der Waals surface area contributed by atoms with E-state index in [4.69, 9.17) is 14.8 Å². The van der Waals surface area contributed by atoms with Gasteiger partial charge in [0.05, 0.1) is 41.7 Å². The topological polar surface area (TPSA) is 95.6 Å². The molecule has 156 valence electrons. The number of ether oxygens (including phenoxy) is 1. The minimum absolute atomic E-state index is 0.260. The predicted molar refractivity (Wildman–Crippen MR) is 115 cm³/mol. The van der Waals surface area contributed by atoms with Crippen LogP contribution in [-0.4, -0.2) is 41.3 Å². The maximum atomic E-state index is 5.73. The highest BCUT2D eigenvalue weighted by molar-refractivity contribution is 5.94. The van der Waals surface area contributed by atoms with Gasteiger partial charge >= 0.3 is 0 Å². The summed E-state index contributed by atoms with van der Waals surface area (Å²) >= 11 is 0. The minimum Gasteiger partial charge on any atom is -0.477 e. The normalized spacial score (nSPS) is 11.4. The second kappa shape index (κ2) is 8.10. The lowest BCUT2D eigenvalue weighted by molar-refractivity contribution is 0.328.